The Kier molecular flexibility index (Phi) is 6.28. The molecule has 0 spiro atoms. The number of nitrogens with zero attached hydrogens (tertiary/aromatic N) is 1. The maximum atomic E-state index is 12.3. The molecule has 5 nitrogen and oxygen atoms in total. The third kappa shape index (κ3) is 5.21. The molecule has 0 bridgehead atoms. The van der Waals surface area contributed by atoms with Gasteiger partial charge >= 0.3 is 0 Å². The lowest BCUT2D eigenvalue weighted by Crippen LogP contribution is -2.87. The van der Waals surface area contributed by atoms with Crippen LogP contribution >= 0.6 is 0 Å². The molecule has 0 radical (unpaired) electrons. The zero-order chi connectivity index (χ0) is 19.1. The largest absolute Gasteiger partial charge is 0.463 e. The summed E-state index contributed by atoms with van der Waals surface area (Å²) < 4.78 is 5.58. The summed E-state index contributed by atoms with van der Waals surface area (Å²) in [5.74, 6) is 0.840. The van der Waals surface area contributed by atoms with Crippen molar-refractivity contribution >= 4 is 11.6 Å². The molecule has 1 aromatic heterocycles. The van der Waals surface area contributed by atoms with E-state index in [1.807, 2.05) is 74.0 Å². The van der Waals surface area contributed by atoms with Gasteiger partial charge in [0.25, 0.3) is 5.91 Å². The average molecular weight is 364 g/mol. The Labute approximate surface area is 160 Å². The highest BCUT2D eigenvalue weighted by molar-refractivity contribution is 5.76. The average Bonchev–Trinajstić information content (AvgIpc) is 3.22. The van der Waals surface area contributed by atoms with Crippen LogP contribution in [0, 0.1) is 0 Å². The van der Waals surface area contributed by atoms with Crippen molar-refractivity contribution in [3.05, 3.63) is 89.9 Å². The second kappa shape index (κ2) is 9.05. The Morgan fingerprint density at radius 1 is 1.04 bits per heavy atom. The molecule has 0 saturated heterocycles. The summed E-state index contributed by atoms with van der Waals surface area (Å²) >= 11 is 0. The molecule has 3 aromatic rings. The molecule has 27 heavy (non-hydrogen) atoms. The van der Waals surface area contributed by atoms with Gasteiger partial charge in [0.05, 0.1) is 6.26 Å². The maximum Gasteiger partial charge on any atom is 0.275 e. The number of rotatable bonds is 8. The minimum absolute atomic E-state index is 0.000765. The van der Waals surface area contributed by atoms with Crippen LogP contribution in [0.1, 0.15) is 22.9 Å². The minimum atomic E-state index is -0.0358. The smallest absolute Gasteiger partial charge is 0.275 e. The molecule has 3 N–H and O–H groups in total. The molecule has 0 aliphatic carbocycles. The van der Waals surface area contributed by atoms with Crippen molar-refractivity contribution in [1.82, 2.24) is 5.32 Å². The molecular weight excluding hydrogens is 338 g/mol. The molecule has 140 valence electrons. The molecule has 0 fully saturated rings. The van der Waals surface area contributed by atoms with E-state index < -0.39 is 0 Å². The molecule has 0 saturated carbocycles. The first-order chi connectivity index (χ1) is 13.1. The lowest BCUT2D eigenvalue weighted by atomic mass is 10.0. The van der Waals surface area contributed by atoms with Crippen LogP contribution in [0.3, 0.4) is 0 Å². The lowest BCUT2D eigenvalue weighted by molar-refractivity contribution is -0.678. The molecule has 0 unspecified atom stereocenters. The molecule has 1 amide bonds. The number of carbonyl (C=O) groups is 1. The van der Waals surface area contributed by atoms with Crippen molar-refractivity contribution in [3.63, 3.8) is 0 Å². The highest BCUT2D eigenvalue weighted by atomic mass is 16.3. The van der Waals surface area contributed by atoms with E-state index in [-0.39, 0.29) is 11.9 Å². The van der Waals surface area contributed by atoms with Crippen molar-refractivity contribution in [1.29, 1.82) is 0 Å². The van der Waals surface area contributed by atoms with Gasteiger partial charge in [0, 0.05) is 31.9 Å². The fraction of sp³-hybridized carbons (Fsp3) is 0.227. The van der Waals surface area contributed by atoms with Crippen molar-refractivity contribution in [3.8, 4) is 0 Å². The fourth-order valence-electron chi connectivity index (χ4n) is 2.95. The van der Waals surface area contributed by atoms with E-state index in [2.05, 4.69) is 22.3 Å². The zero-order valence-corrected chi connectivity index (χ0v) is 15.8. The predicted octanol–water partition coefficient (Wildman–Crippen LogP) is 2.31. The Balaban J connectivity index is 1.55. The van der Waals surface area contributed by atoms with E-state index in [0.29, 0.717) is 13.1 Å². The minimum Gasteiger partial charge on any atom is -0.463 e. The van der Waals surface area contributed by atoms with Crippen molar-refractivity contribution in [2.75, 3.05) is 25.5 Å². The monoisotopic (exact) mass is 364 g/mol. The first-order valence-electron chi connectivity index (χ1n) is 9.08. The summed E-state index contributed by atoms with van der Waals surface area (Å²) in [4.78, 5) is 14.4. The molecule has 5 heteroatoms. The quantitative estimate of drug-likeness (QED) is 0.645. The summed E-state index contributed by atoms with van der Waals surface area (Å²) in [6.07, 6.45) is 1.66. The Morgan fingerprint density at radius 2 is 1.78 bits per heavy atom. The number of nitrogens with two attached hydrogens (primary N) is 1. The number of furan rings is 1. The van der Waals surface area contributed by atoms with E-state index in [0.717, 1.165) is 22.6 Å². The van der Waals surface area contributed by atoms with Gasteiger partial charge in [-0.05, 0) is 29.8 Å². The number of amides is 1. The number of carbonyl (C=O) groups excluding carboxylic acids is 1. The number of anilines is 1. The normalized spacial score (nSPS) is 11.8. The van der Waals surface area contributed by atoms with Gasteiger partial charge < -0.3 is 20.0 Å². The van der Waals surface area contributed by atoms with Gasteiger partial charge in [-0.15, -0.1) is 0 Å². The summed E-state index contributed by atoms with van der Waals surface area (Å²) in [6.45, 7) is 0.854. The third-order valence-corrected chi connectivity index (χ3v) is 4.49. The second-order valence-electron chi connectivity index (χ2n) is 6.68. The topological polar surface area (TPSA) is 62.1 Å². The van der Waals surface area contributed by atoms with Crippen molar-refractivity contribution < 1.29 is 14.5 Å². The number of benzene rings is 2. The van der Waals surface area contributed by atoms with E-state index in [1.165, 1.54) is 0 Å². The molecule has 0 aliphatic rings. The first kappa shape index (κ1) is 18.7. The number of quaternary nitrogens is 1. The molecule has 1 atom stereocenters. The molecular formula is C22H26N3O2+. The summed E-state index contributed by atoms with van der Waals surface area (Å²) in [5, 5.41) is 4.98. The highest BCUT2D eigenvalue weighted by Crippen LogP contribution is 2.18. The second-order valence-corrected chi connectivity index (χ2v) is 6.68. The van der Waals surface area contributed by atoms with Crippen LogP contribution < -0.4 is 15.5 Å². The van der Waals surface area contributed by atoms with Crippen LogP contribution in [0.4, 0.5) is 5.69 Å². The van der Waals surface area contributed by atoms with E-state index >= 15 is 0 Å². The highest BCUT2D eigenvalue weighted by Gasteiger charge is 2.21. The third-order valence-electron chi connectivity index (χ3n) is 4.49. The maximum absolute atomic E-state index is 12.3. The SMILES string of the molecule is CN(C)c1ccc(CNC(=O)C[NH2+][C@H](c2ccccc2)c2ccco2)cc1. The Morgan fingerprint density at radius 3 is 2.41 bits per heavy atom. The standard InChI is InChI=1S/C22H25N3O2/c1-25(2)19-12-10-17(11-13-19)15-23-21(26)16-24-22(20-9-6-14-27-20)18-7-4-3-5-8-18/h3-14,22,24H,15-16H2,1-2H3,(H,23,26)/p+1/t22-/m1/s1. The van der Waals surface area contributed by atoms with Crippen LogP contribution in [0.2, 0.25) is 0 Å². The molecule has 2 aromatic carbocycles. The lowest BCUT2D eigenvalue weighted by Gasteiger charge is -2.14. The van der Waals surface area contributed by atoms with Crippen molar-refractivity contribution in [2.45, 2.75) is 12.6 Å². The zero-order valence-electron chi connectivity index (χ0n) is 15.8. The van der Waals surface area contributed by atoms with E-state index in [1.54, 1.807) is 6.26 Å². The summed E-state index contributed by atoms with van der Waals surface area (Å²) in [7, 11) is 4.02. The first-order valence-corrected chi connectivity index (χ1v) is 9.08. The fourth-order valence-corrected chi connectivity index (χ4v) is 2.95. The molecule has 3 rings (SSSR count). The van der Waals surface area contributed by atoms with Crippen LogP contribution in [-0.4, -0.2) is 26.5 Å². The van der Waals surface area contributed by atoms with Crippen LogP contribution in [-0.2, 0) is 11.3 Å². The van der Waals surface area contributed by atoms with Crippen molar-refractivity contribution in [2.24, 2.45) is 0 Å². The van der Waals surface area contributed by atoms with Gasteiger partial charge in [0.2, 0.25) is 0 Å². The Bertz CT molecular complexity index is 828. The van der Waals surface area contributed by atoms with Crippen LogP contribution in [0.25, 0.3) is 0 Å². The number of nitrogens with one attached hydrogen (secondary N) is 1. The Hall–Kier alpha value is -3.05. The molecule has 0 aliphatic heterocycles. The predicted molar refractivity (Wildman–Crippen MR) is 106 cm³/mol. The van der Waals surface area contributed by atoms with Gasteiger partial charge in [0.1, 0.15) is 0 Å². The van der Waals surface area contributed by atoms with Gasteiger partial charge in [-0.3, -0.25) is 4.79 Å². The number of hydrogen-bond acceptors (Lipinski definition) is 3. The van der Waals surface area contributed by atoms with Gasteiger partial charge in [-0.2, -0.15) is 0 Å². The van der Waals surface area contributed by atoms with Gasteiger partial charge in [0.15, 0.2) is 18.3 Å². The van der Waals surface area contributed by atoms with Crippen LogP contribution in [0.5, 0.6) is 0 Å². The van der Waals surface area contributed by atoms with Gasteiger partial charge in [-0.1, -0.05) is 42.5 Å². The summed E-state index contributed by atoms with van der Waals surface area (Å²) in [6, 6.07) is 22.0. The van der Waals surface area contributed by atoms with E-state index in [4.69, 9.17) is 4.42 Å². The van der Waals surface area contributed by atoms with Gasteiger partial charge in [-0.25, -0.2) is 0 Å². The molecule has 1 heterocycles. The van der Waals surface area contributed by atoms with E-state index in [9.17, 15) is 4.79 Å². The number of hydrogen-bond donors (Lipinski definition) is 2. The summed E-state index contributed by atoms with van der Waals surface area (Å²) in [5.41, 5.74) is 3.33. The van der Waals surface area contributed by atoms with Crippen LogP contribution in [0.15, 0.2) is 77.4 Å².